The van der Waals surface area contributed by atoms with E-state index < -0.39 is 0 Å². The van der Waals surface area contributed by atoms with E-state index in [1.165, 1.54) is 0 Å². The van der Waals surface area contributed by atoms with Gasteiger partial charge < -0.3 is 20.4 Å². The molecule has 0 aliphatic carbocycles. The molecule has 0 atom stereocenters. The molecule has 7 nitrogen and oxygen atoms in total. The number of nitrogens with zero attached hydrogens (tertiary/aromatic N) is 4. The van der Waals surface area contributed by atoms with Crippen LogP contribution in [0.2, 0.25) is 0 Å². The lowest BCUT2D eigenvalue weighted by atomic mass is 10.3. The molecule has 0 aromatic carbocycles. The van der Waals surface area contributed by atoms with Gasteiger partial charge >= 0.3 is 0 Å². The summed E-state index contributed by atoms with van der Waals surface area (Å²) >= 11 is 0. The van der Waals surface area contributed by atoms with Crippen LogP contribution in [0.25, 0.3) is 0 Å². The summed E-state index contributed by atoms with van der Waals surface area (Å²) in [7, 11) is 1.92. The summed E-state index contributed by atoms with van der Waals surface area (Å²) in [6.45, 7) is 3.16. The third-order valence-electron chi connectivity index (χ3n) is 2.63. The van der Waals surface area contributed by atoms with Crippen LogP contribution >= 0.6 is 0 Å². The third kappa shape index (κ3) is 3.34. The fourth-order valence-electron chi connectivity index (χ4n) is 1.64. The lowest BCUT2D eigenvalue weighted by Gasteiger charge is -2.09. The molecule has 2 heterocycles. The van der Waals surface area contributed by atoms with Crippen molar-refractivity contribution in [3.63, 3.8) is 0 Å². The fraction of sp³-hybridized carbons (Fsp3) is 0.417. The van der Waals surface area contributed by atoms with Crippen molar-refractivity contribution >= 4 is 11.5 Å². The van der Waals surface area contributed by atoms with Gasteiger partial charge in [-0.1, -0.05) is 0 Å². The Morgan fingerprint density at radius 2 is 2.26 bits per heavy atom. The first kappa shape index (κ1) is 13.1. The summed E-state index contributed by atoms with van der Waals surface area (Å²) in [6, 6.07) is 3.61. The lowest BCUT2D eigenvalue weighted by molar-refractivity contribution is 0.329. The molecule has 0 spiro atoms. The number of rotatable bonds is 6. The van der Waals surface area contributed by atoms with Crippen molar-refractivity contribution in [2.75, 3.05) is 24.2 Å². The minimum Gasteiger partial charge on any atom is -0.476 e. The average molecular weight is 262 g/mol. The summed E-state index contributed by atoms with van der Waals surface area (Å²) in [5, 5.41) is 11.1. The van der Waals surface area contributed by atoms with Gasteiger partial charge in [0.2, 0.25) is 5.88 Å². The number of hydrogen-bond donors (Lipinski definition) is 2. The average Bonchev–Trinajstić information content (AvgIpc) is 2.79. The Morgan fingerprint density at radius 3 is 2.95 bits per heavy atom. The maximum absolute atomic E-state index is 5.76. The molecule has 2 aromatic heterocycles. The first-order valence-electron chi connectivity index (χ1n) is 6.16. The Bertz CT molecular complexity index is 539. The molecule has 0 unspecified atom stereocenters. The summed E-state index contributed by atoms with van der Waals surface area (Å²) < 4.78 is 7.24. The zero-order valence-electron chi connectivity index (χ0n) is 11.1. The lowest BCUT2D eigenvalue weighted by Crippen LogP contribution is -2.10. The van der Waals surface area contributed by atoms with Crippen LogP contribution in [0.15, 0.2) is 18.5 Å². The van der Waals surface area contributed by atoms with Gasteiger partial charge in [-0.15, -0.1) is 10.2 Å². The highest BCUT2D eigenvalue weighted by atomic mass is 16.5. The number of nitrogens with two attached hydrogens (primary N) is 1. The van der Waals surface area contributed by atoms with Crippen LogP contribution in [0.4, 0.5) is 11.5 Å². The molecule has 0 saturated heterocycles. The minimum atomic E-state index is 0.464. The van der Waals surface area contributed by atoms with E-state index in [-0.39, 0.29) is 0 Å². The molecular formula is C12H18N6O. The quantitative estimate of drug-likeness (QED) is 0.802. The third-order valence-corrected chi connectivity index (χ3v) is 2.63. The predicted octanol–water partition coefficient (Wildman–Crippen LogP) is 0.846. The molecule has 2 aromatic rings. The molecule has 0 aliphatic rings. The zero-order valence-corrected chi connectivity index (χ0v) is 11.1. The Hall–Kier alpha value is -2.31. The maximum atomic E-state index is 5.76. The molecule has 0 saturated carbocycles. The SMILES string of the molecule is CCOc1nc(NCCc2nncn2C)ccc1N. The summed E-state index contributed by atoms with van der Waals surface area (Å²) in [5.74, 6) is 2.12. The van der Waals surface area contributed by atoms with Gasteiger partial charge in [-0.2, -0.15) is 4.98 Å². The highest BCUT2D eigenvalue weighted by Gasteiger charge is 2.04. The number of hydrogen-bond acceptors (Lipinski definition) is 6. The van der Waals surface area contributed by atoms with Crippen LogP contribution in [0.1, 0.15) is 12.7 Å². The Balaban J connectivity index is 1.92. The van der Waals surface area contributed by atoms with Crippen LogP contribution in [0.5, 0.6) is 5.88 Å². The van der Waals surface area contributed by atoms with E-state index >= 15 is 0 Å². The van der Waals surface area contributed by atoms with Crippen LogP contribution < -0.4 is 15.8 Å². The second-order valence-electron chi connectivity index (χ2n) is 4.06. The van der Waals surface area contributed by atoms with E-state index in [0.29, 0.717) is 18.2 Å². The van der Waals surface area contributed by atoms with Gasteiger partial charge in [-0.05, 0) is 19.1 Å². The van der Waals surface area contributed by atoms with Crippen LogP contribution in [0.3, 0.4) is 0 Å². The smallest absolute Gasteiger partial charge is 0.239 e. The van der Waals surface area contributed by atoms with Gasteiger partial charge in [0.25, 0.3) is 0 Å². The van der Waals surface area contributed by atoms with Gasteiger partial charge in [0, 0.05) is 20.0 Å². The van der Waals surface area contributed by atoms with Crippen molar-refractivity contribution in [1.82, 2.24) is 19.7 Å². The van der Waals surface area contributed by atoms with Crippen LogP contribution in [-0.4, -0.2) is 32.9 Å². The highest BCUT2D eigenvalue weighted by Crippen LogP contribution is 2.20. The molecule has 19 heavy (non-hydrogen) atoms. The minimum absolute atomic E-state index is 0.464. The molecule has 3 N–H and O–H groups in total. The zero-order chi connectivity index (χ0) is 13.7. The van der Waals surface area contributed by atoms with Gasteiger partial charge in [-0.3, -0.25) is 0 Å². The van der Waals surface area contributed by atoms with E-state index in [9.17, 15) is 0 Å². The standard InChI is InChI=1S/C12H18N6O/c1-3-19-12-9(13)4-5-10(16-12)14-7-6-11-17-15-8-18(11)2/h4-5,8H,3,6-7,13H2,1-2H3,(H,14,16). The van der Waals surface area contributed by atoms with Gasteiger partial charge in [0.05, 0.1) is 12.3 Å². The van der Waals surface area contributed by atoms with Crippen molar-refractivity contribution in [3.05, 3.63) is 24.3 Å². The molecule has 0 amide bonds. The van der Waals surface area contributed by atoms with E-state index in [4.69, 9.17) is 10.5 Å². The molecular weight excluding hydrogens is 244 g/mol. The van der Waals surface area contributed by atoms with E-state index in [0.717, 1.165) is 24.6 Å². The second kappa shape index (κ2) is 6.03. The topological polar surface area (TPSA) is 90.9 Å². The van der Waals surface area contributed by atoms with E-state index in [1.54, 1.807) is 12.4 Å². The summed E-state index contributed by atoms with van der Waals surface area (Å²) in [5.41, 5.74) is 6.31. The normalized spacial score (nSPS) is 10.4. The van der Waals surface area contributed by atoms with Crippen molar-refractivity contribution in [2.24, 2.45) is 7.05 Å². The van der Waals surface area contributed by atoms with Gasteiger partial charge in [0.1, 0.15) is 18.0 Å². The number of pyridine rings is 1. The molecule has 0 fully saturated rings. The highest BCUT2D eigenvalue weighted by molar-refractivity contribution is 5.53. The molecule has 0 aliphatic heterocycles. The summed E-state index contributed by atoms with van der Waals surface area (Å²) in [4.78, 5) is 4.30. The van der Waals surface area contributed by atoms with Crippen LogP contribution in [-0.2, 0) is 13.5 Å². The number of nitrogen functional groups attached to an aromatic ring is 1. The van der Waals surface area contributed by atoms with E-state index in [2.05, 4.69) is 20.5 Å². The Labute approximate surface area is 111 Å². The number of nitrogens with one attached hydrogen (secondary N) is 1. The van der Waals surface area contributed by atoms with Gasteiger partial charge in [0.15, 0.2) is 0 Å². The molecule has 7 heteroatoms. The Morgan fingerprint density at radius 1 is 1.42 bits per heavy atom. The second-order valence-corrected chi connectivity index (χ2v) is 4.06. The number of aryl methyl sites for hydroxylation is 1. The number of anilines is 2. The molecule has 2 rings (SSSR count). The monoisotopic (exact) mass is 262 g/mol. The molecule has 0 bridgehead atoms. The Kier molecular flexibility index (Phi) is 4.17. The maximum Gasteiger partial charge on any atom is 0.239 e. The van der Waals surface area contributed by atoms with E-state index in [1.807, 2.05) is 24.6 Å². The first-order valence-corrected chi connectivity index (χ1v) is 6.16. The van der Waals surface area contributed by atoms with Crippen molar-refractivity contribution < 1.29 is 4.74 Å². The van der Waals surface area contributed by atoms with Crippen molar-refractivity contribution in [2.45, 2.75) is 13.3 Å². The number of aromatic nitrogens is 4. The summed E-state index contributed by atoms with van der Waals surface area (Å²) in [6.07, 6.45) is 2.45. The number of ether oxygens (including phenoxy) is 1. The van der Waals surface area contributed by atoms with Crippen molar-refractivity contribution in [1.29, 1.82) is 0 Å². The largest absolute Gasteiger partial charge is 0.476 e. The van der Waals surface area contributed by atoms with Crippen LogP contribution in [0, 0.1) is 0 Å². The predicted molar refractivity (Wildman–Crippen MR) is 73.0 cm³/mol. The molecule has 0 radical (unpaired) electrons. The van der Waals surface area contributed by atoms with Crippen molar-refractivity contribution in [3.8, 4) is 5.88 Å². The fourth-order valence-corrected chi connectivity index (χ4v) is 1.64. The van der Waals surface area contributed by atoms with Gasteiger partial charge in [-0.25, -0.2) is 0 Å². The first-order chi connectivity index (χ1) is 9.20. The molecule has 102 valence electrons.